The number of halogens is 1. The van der Waals surface area contributed by atoms with Crippen molar-refractivity contribution in [3.8, 4) is 0 Å². The molecule has 6 aromatic carbocycles. The van der Waals surface area contributed by atoms with Gasteiger partial charge in [0.25, 0.3) is 0 Å². The van der Waals surface area contributed by atoms with Crippen molar-refractivity contribution in [1.29, 1.82) is 0 Å². The summed E-state index contributed by atoms with van der Waals surface area (Å²) in [5.74, 6) is 1.40. The first-order chi connectivity index (χ1) is 22.3. The van der Waals surface area contributed by atoms with E-state index >= 15 is 0 Å². The highest BCUT2D eigenvalue weighted by Gasteiger charge is 2.47. The van der Waals surface area contributed by atoms with Crippen LogP contribution in [0.25, 0.3) is 0 Å². The molecule has 0 spiro atoms. The highest BCUT2D eigenvalue weighted by molar-refractivity contribution is 6.31. The van der Waals surface area contributed by atoms with Crippen LogP contribution in [0.4, 0.5) is 0 Å². The van der Waals surface area contributed by atoms with Crippen LogP contribution in [0.3, 0.4) is 0 Å². The molecule has 6 bridgehead atoms. The lowest BCUT2D eigenvalue weighted by Gasteiger charge is -2.47. The predicted molar refractivity (Wildman–Crippen MR) is 180 cm³/mol. The zero-order chi connectivity index (χ0) is 29.1. The van der Waals surface area contributed by atoms with Crippen LogP contribution in [0.5, 0.6) is 0 Å². The summed E-state index contributed by atoms with van der Waals surface area (Å²) >= 11 is 7.28. The van der Waals surface area contributed by atoms with Crippen LogP contribution in [0.15, 0.2) is 132 Å². The summed E-state index contributed by atoms with van der Waals surface area (Å²) < 4.78 is 0. The minimum atomic E-state index is 0.0918. The molecular weight excluding hydrogens is 564 g/mol. The number of hydrogen-bond donors (Lipinski definition) is 0. The Kier molecular flexibility index (Phi) is 4.18. The normalized spacial score (nSPS) is 25.6. The van der Waals surface area contributed by atoms with Gasteiger partial charge in [-0.3, -0.25) is 0 Å². The largest absolute Gasteiger partial charge is 0.0884 e. The molecule has 0 aromatic heterocycles. The van der Waals surface area contributed by atoms with Gasteiger partial charge in [0.2, 0.25) is 0 Å². The van der Waals surface area contributed by atoms with Gasteiger partial charge in [0.15, 0.2) is 0 Å². The molecule has 0 aliphatic heterocycles. The lowest BCUT2D eigenvalue weighted by molar-refractivity contribution is 0.717. The fourth-order valence-corrected chi connectivity index (χ4v) is 11.0. The molecule has 0 nitrogen and oxygen atoms in total. The fourth-order valence-electron chi connectivity index (χ4n) is 10.6. The molecule has 210 valence electrons. The van der Waals surface area contributed by atoms with E-state index in [1.807, 2.05) is 0 Å². The van der Waals surface area contributed by atoms with E-state index in [1.165, 1.54) is 89.0 Å². The van der Waals surface area contributed by atoms with Crippen molar-refractivity contribution in [1.82, 2.24) is 0 Å². The molecule has 1 heteroatoms. The molecular formula is C44H27Cl. The topological polar surface area (TPSA) is 0 Å². The molecule has 0 heterocycles. The Morgan fingerprint density at radius 1 is 0.289 bits per heavy atom. The summed E-state index contributed by atoms with van der Waals surface area (Å²) in [5.41, 5.74) is 23.5. The van der Waals surface area contributed by atoms with E-state index in [0.29, 0.717) is 0 Å². The SMILES string of the molecule is ClC1=CC2c3cc4c(cc3C1c1cc3c(cc12)C1c2ccccc2C3c2ccccc21)C1c2ccccc2C4c2ccccc21. The van der Waals surface area contributed by atoms with Gasteiger partial charge in [0, 0.05) is 40.5 Å². The minimum Gasteiger partial charge on any atom is -0.0884 e. The van der Waals surface area contributed by atoms with Gasteiger partial charge in [-0.2, -0.15) is 0 Å². The summed E-state index contributed by atoms with van der Waals surface area (Å²) in [4.78, 5) is 0. The molecule has 0 saturated heterocycles. The van der Waals surface area contributed by atoms with Gasteiger partial charge in [-0.15, -0.1) is 0 Å². The summed E-state index contributed by atoms with van der Waals surface area (Å²) in [7, 11) is 0. The molecule has 0 N–H and O–H groups in total. The molecule has 45 heavy (non-hydrogen) atoms. The Morgan fingerprint density at radius 2 is 0.533 bits per heavy atom. The first kappa shape index (κ1) is 23.7. The standard InChI is InChI=1S/C44H27Cl/c45-39-21-32-30-17-35-37(42-26-13-5-1-9-22(26)40(35)23-10-2-6-14-27(23)42)19-33(30)44(39)34-20-38-36(18-31(32)34)41-24-11-3-7-15-28(24)43(38)29-16-8-4-12-25(29)41/h1-21,32,40-44H. The predicted octanol–water partition coefficient (Wildman–Crippen LogP) is 10.4. The second-order valence-electron chi connectivity index (χ2n) is 13.9. The molecule has 15 rings (SSSR count). The van der Waals surface area contributed by atoms with Crippen LogP contribution >= 0.6 is 11.6 Å². The molecule has 9 aliphatic carbocycles. The Labute approximate surface area is 267 Å². The summed E-state index contributed by atoms with van der Waals surface area (Å²) in [6.45, 7) is 0. The molecule has 6 aromatic rings. The molecule has 0 unspecified atom stereocenters. The van der Waals surface area contributed by atoms with E-state index in [-0.39, 0.29) is 35.5 Å². The van der Waals surface area contributed by atoms with Crippen molar-refractivity contribution >= 4 is 11.6 Å². The summed E-state index contributed by atoms with van der Waals surface area (Å²) in [6, 6.07) is 46.9. The van der Waals surface area contributed by atoms with Crippen molar-refractivity contribution in [3.63, 3.8) is 0 Å². The zero-order valence-electron chi connectivity index (χ0n) is 24.5. The molecule has 9 aliphatic rings. The van der Waals surface area contributed by atoms with E-state index in [4.69, 9.17) is 11.6 Å². The van der Waals surface area contributed by atoms with Gasteiger partial charge < -0.3 is 0 Å². The van der Waals surface area contributed by atoms with E-state index in [2.05, 4.69) is 127 Å². The first-order valence-electron chi connectivity index (χ1n) is 16.3. The van der Waals surface area contributed by atoms with Crippen LogP contribution in [0.2, 0.25) is 0 Å². The van der Waals surface area contributed by atoms with E-state index in [0.717, 1.165) is 5.03 Å². The highest BCUT2D eigenvalue weighted by atomic mass is 35.5. The smallest absolute Gasteiger partial charge is 0.0451 e. The van der Waals surface area contributed by atoms with Crippen LogP contribution < -0.4 is 0 Å². The summed E-state index contributed by atoms with van der Waals surface area (Å²) in [5, 5.41) is 0.989. The Balaban J connectivity index is 1.09. The quantitative estimate of drug-likeness (QED) is 0.165. The van der Waals surface area contributed by atoms with Crippen molar-refractivity contribution in [3.05, 3.63) is 221 Å². The van der Waals surface area contributed by atoms with Crippen LogP contribution in [-0.2, 0) is 0 Å². The lowest BCUT2D eigenvalue weighted by atomic mass is 9.57. The summed E-state index contributed by atoms with van der Waals surface area (Å²) in [6.07, 6.45) is 2.36. The fraction of sp³-hybridized carbons (Fsp3) is 0.136. The van der Waals surface area contributed by atoms with Crippen LogP contribution in [0, 0.1) is 0 Å². The average Bonchev–Trinajstić information content (AvgIpc) is 3.09. The minimum absolute atomic E-state index is 0.0918. The third-order valence-electron chi connectivity index (χ3n) is 12.2. The van der Waals surface area contributed by atoms with Crippen molar-refractivity contribution in [2.45, 2.75) is 35.5 Å². The van der Waals surface area contributed by atoms with Gasteiger partial charge >= 0.3 is 0 Å². The molecule has 0 amide bonds. The second kappa shape index (κ2) is 7.94. The van der Waals surface area contributed by atoms with Crippen LogP contribution in [-0.4, -0.2) is 0 Å². The molecule has 0 atom stereocenters. The lowest BCUT2D eigenvalue weighted by Crippen LogP contribution is -2.32. The monoisotopic (exact) mass is 590 g/mol. The van der Waals surface area contributed by atoms with Crippen molar-refractivity contribution in [2.24, 2.45) is 0 Å². The second-order valence-corrected chi connectivity index (χ2v) is 14.4. The maximum absolute atomic E-state index is 7.28. The van der Waals surface area contributed by atoms with E-state index in [1.54, 1.807) is 0 Å². The zero-order valence-corrected chi connectivity index (χ0v) is 25.2. The molecule has 0 fully saturated rings. The van der Waals surface area contributed by atoms with Crippen molar-refractivity contribution < 1.29 is 0 Å². The Hall–Kier alpha value is -4.65. The van der Waals surface area contributed by atoms with Gasteiger partial charge in [0.1, 0.15) is 0 Å². The average molecular weight is 591 g/mol. The van der Waals surface area contributed by atoms with Crippen LogP contribution in [0.1, 0.15) is 125 Å². The van der Waals surface area contributed by atoms with E-state index < -0.39 is 0 Å². The Bertz CT molecular complexity index is 2140. The highest BCUT2D eigenvalue weighted by Crippen LogP contribution is 2.62. The van der Waals surface area contributed by atoms with Crippen molar-refractivity contribution in [2.75, 3.05) is 0 Å². The number of allylic oxidation sites excluding steroid dienone is 2. The third-order valence-corrected chi connectivity index (χ3v) is 12.5. The van der Waals surface area contributed by atoms with Gasteiger partial charge in [-0.25, -0.2) is 0 Å². The first-order valence-corrected chi connectivity index (χ1v) is 16.7. The van der Waals surface area contributed by atoms with Gasteiger partial charge in [0.05, 0.1) is 0 Å². The number of hydrogen-bond acceptors (Lipinski definition) is 0. The van der Waals surface area contributed by atoms with E-state index in [9.17, 15) is 0 Å². The van der Waals surface area contributed by atoms with Gasteiger partial charge in [-0.05, 0) is 89.0 Å². The molecule has 0 saturated carbocycles. The number of benzene rings is 6. The van der Waals surface area contributed by atoms with Gasteiger partial charge in [-0.1, -0.05) is 139 Å². The molecule has 0 radical (unpaired) electrons. The number of rotatable bonds is 0. The third kappa shape index (κ3) is 2.67. The maximum atomic E-state index is 7.28. The maximum Gasteiger partial charge on any atom is 0.0451 e. The Morgan fingerprint density at radius 3 is 0.822 bits per heavy atom.